The lowest BCUT2D eigenvalue weighted by Gasteiger charge is -2.22. The van der Waals surface area contributed by atoms with E-state index in [1.807, 2.05) is 0 Å². The third-order valence-corrected chi connectivity index (χ3v) is 3.93. The molecule has 0 bridgehead atoms. The van der Waals surface area contributed by atoms with E-state index in [1.165, 1.54) is 27.9 Å². The molecular weight excluding hydrogens is 298 g/mol. The summed E-state index contributed by atoms with van der Waals surface area (Å²) in [6.07, 6.45) is 0. The number of hydrogen-bond acceptors (Lipinski definition) is 1. The van der Waals surface area contributed by atoms with E-state index in [4.69, 9.17) is 0 Å². The van der Waals surface area contributed by atoms with Crippen LogP contribution in [0.3, 0.4) is 0 Å². The highest BCUT2D eigenvalue weighted by molar-refractivity contribution is 9.08. The second-order valence-electron chi connectivity index (χ2n) is 5.11. The number of halogens is 1. The molecule has 0 unspecified atom stereocenters. The van der Waals surface area contributed by atoms with Gasteiger partial charge in [-0.2, -0.15) is 0 Å². The summed E-state index contributed by atoms with van der Waals surface area (Å²) in [5.74, 6) is 0. The first-order chi connectivity index (χ1) is 9.10. The zero-order valence-electron chi connectivity index (χ0n) is 11.8. The molecule has 0 fully saturated rings. The van der Waals surface area contributed by atoms with Crippen LogP contribution in [0.5, 0.6) is 0 Å². The van der Waals surface area contributed by atoms with Gasteiger partial charge in [0.2, 0.25) is 0 Å². The van der Waals surface area contributed by atoms with Crippen molar-refractivity contribution < 1.29 is 0 Å². The van der Waals surface area contributed by atoms with Crippen molar-refractivity contribution in [3.05, 3.63) is 64.7 Å². The Hall–Kier alpha value is -1.28. The van der Waals surface area contributed by atoms with Gasteiger partial charge in [-0.15, -0.1) is 0 Å². The monoisotopic (exact) mass is 317 g/mol. The summed E-state index contributed by atoms with van der Waals surface area (Å²) in [6, 6.07) is 15.4. The Kier molecular flexibility index (Phi) is 4.65. The summed E-state index contributed by atoms with van der Waals surface area (Å²) in [7, 11) is 2.15. The fraction of sp³-hybridized carbons (Fsp3) is 0.294. The zero-order chi connectivity index (χ0) is 13.8. The van der Waals surface area contributed by atoms with Gasteiger partial charge in [-0.25, -0.2) is 0 Å². The molecule has 0 aliphatic rings. The Morgan fingerprint density at radius 2 is 1.58 bits per heavy atom. The summed E-state index contributed by atoms with van der Waals surface area (Å²) in [6.45, 7) is 5.19. The maximum absolute atomic E-state index is 3.58. The van der Waals surface area contributed by atoms with Crippen molar-refractivity contribution in [3.63, 3.8) is 0 Å². The van der Waals surface area contributed by atoms with Gasteiger partial charge < -0.3 is 4.90 Å². The van der Waals surface area contributed by atoms with Crippen molar-refractivity contribution in [2.75, 3.05) is 11.9 Å². The van der Waals surface area contributed by atoms with Crippen LogP contribution in [0.2, 0.25) is 0 Å². The van der Waals surface area contributed by atoms with E-state index in [-0.39, 0.29) is 0 Å². The van der Waals surface area contributed by atoms with E-state index in [2.05, 4.69) is 84.2 Å². The smallest absolute Gasteiger partial charge is 0.0426 e. The molecule has 19 heavy (non-hydrogen) atoms. The summed E-state index contributed by atoms with van der Waals surface area (Å²) in [5.41, 5.74) is 6.59. The summed E-state index contributed by atoms with van der Waals surface area (Å²) < 4.78 is 0. The average Bonchev–Trinajstić information content (AvgIpc) is 2.41. The molecule has 0 saturated heterocycles. The van der Waals surface area contributed by atoms with Gasteiger partial charge in [-0.3, -0.25) is 0 Å². The molecule has 0 atom stereocenters. The van der Waals surface area contributed by atoms with Crippen molar-refractivity contribution >= 4 is 21.6 Å². The van der Waals surface area contributed by atoms with Crippen molar-refractivity contribution in [2.24, 2.45) is 0 Å². The normalized spacial score (nSPS) is 10.5. The van der Waals surface area contributed by atoms with Crippen LogP contribution in [-0.2, 0) is 11.9 Å². The number of rotatable bonds is 4. The molecule has 0 amide bonds. The molecular formula is C17H20BrN. The number of nitrogens with zero attached hydrogens (tertiary/aromatic N) is 1. The maximum atomic E-state index is 3.58. The Morgan fingerprint density at radius 1 is 0.947 bits per heavy atom. The largest absolute Gasteiger partial charge is 0.370 e. The molecule has 0 N–H and O–H groups in total. The molecule has 0 spiro atoms. The SMILES string of the molecule is Cc1ccc(CN(C)c2ccc(C)cc2CBr)cc1. The van der Waals surface area contributed by atoms with Crippen LogP contribution >= 0.6 is 15.9 Å². The fourth-order valence-electron chi connectivity index (χ4n) is 2.25. The van der Waals surface area contributed by atoms with E-state index in [1.54, 1.807) is 0 Å². The quantitative estimate of drug-likeness (QED) is 0.730. The first kappa shape index (κ1) is 14.1. The van der Waals surface area contributed by atoms with Crippen molar-refractivity contribution in [1.82, 2.24) is 0 Å². The predicted molar refractivity (Wildman–Crippen MR) is 87.1 cm³/mol. The second-order valence-corrected chi connectivity index (χ2v) is 5.67. The van der Waals surface area contributed by atoms with Crippen LogP contribution in [0.4, 0.5) is 5.69 Å². The number of benzene rings is 2. The van der Waals surface area contributed by atoms with E-state index < -0.39 is 0 Å². The minimum atomic E-state index is 0.891. The summed E-state index contributed by atoms with van der Waals surface area (Å²) in [5, 5.41) is 0.891. The first-order valence-electron chi connectivity index (χ1n) is 6.52. The highest BCUT2D eigenvalue weighted by Gasteiger charge is 2.07. The average molecular weight is 318 g/mol. The number of aryl methyl sites for hydroxylation is 2. The maximum Gasteiger partial charge on any atom is 0.0426 e. The molecule has 0 aromatic heterocycles. The van der Waals surface area contributed by atoms with Gasteiger partial charge in [0.15, 0.2) is 0 Å². The van der Waals surface area contributed by atoms with E-state index in [0.717, 1.165) is 11.9 Å². The summed E-state index contributed by atoms with van der Waals surface area (Å²) >= 11 is 3.58. The molecule has 2 aromatic carbocycles. The molecule has 100 valence electrons. The lowest BCUT2D eigenvalue weighted by Crippen LogP contribution is -2.17. The highest BCUT2D eigenvalue weighted by Crippen LogP contribution is 2.24. The molecule has 0 radical (unpaired) electrons. The first-order valence-corrected chi connectivity index (χ1v) is 7.64. The Bertz CT molecular complexity index is 546. The minimum absolute atomic E-state index is 0.891. The van der Waals surface area contributed by atoms with Crippen LogP contribution in [0, 0.1) is 13.8 Å². The number of anilines is 1. The summed E-state index contributed by atoms with van der Waals surface area (Å²) in [4.78, 5) is 2.31. The fourth-order valence-corrected chi connectivity index (χ4v) is 2.70. The molecule has 0 aliphatic heterocycles. The second kappa shape index (κ2) is 6.25. The van der Waals surface area contributed by atoms with Gasteiger partial charge >= 0.3 is 0 Å². The van der Waals surface area contributed by atoms with E-state index >= 15 is 0 Å². The van der Waals surface area contributed by atoms with Crippen LogP contribution in [0.25, 0.3) is 0 Å². The van der Waals surface area contributed by atoms with Gasteiger partial charge in [0.25, 0.3) is 0 Å². The molecule has 0 aliphatic carbocycles. The van der Waals surface area contributed by atoms with Crippen LogP contribution in [0.15, 0.2) is 42.5 Å². The Morgan fingerprint density at radius 3 is 2.21 bits per heavy atom. The van der Waals surface area contributed by atoms with E-state index in [9.17, 15) is 0 Å². The number of hydrogen-bond donors (Lipinski definition) is 0. The van der Waals surface area contributed by atoms with Crippen LogP contribution in [-0.4, -0.2) is 7.05 Å². The van der Waals surface area contributed by atoms with Crippen LogP contribution in [0.1, 0.15) is 22.3 Å². The minimum Gasteiger partial charge on any atom is -0.370 e. The van der Waals surface area contributed by atoms with Gasteiger partial charge in [0.1, 0.15) is 0 Å². The third-order valence-electron chi connectivity index (χ3n) is 3.33. The van der Waals surface area contributed by atoms with Gasteiger partial charge in [-0.05, 0) is 31.0 Å². The van der Waals surface area contributed by atoms with Crippen molar-refractivity contribution in [1.29, 1.82) is 0 Å². The Balaban J connectivity index is 2.19. The predicted octanol–water partition coefficient (Wildman–Crippen LogP) is 4.83. The lowest BCUT2D eigenvalue weighted by atomic mass is 10.1. The molecule has 0 saturated carbocycles. The Labute approximate surface area is 124 Å². The van der Waals surface area contributed by atoms with Gasteiger partial charge in [-0.1, -0.05) is 63.5 Å². The van der Waals surface area contributed by atoms with Crippen LogP contribution < -0.4 is 4.90 Å². The topological polar surface area (TPSA) is 3.24 Å². The van der Waals surface area contributed by atoms with Crippen molar-refractivity contribution in [3.8, 4) is 0 Å². The standard InChI is InChI=1S/C17H20BrN/c1-13-4-7-15(8-5-13)12-19(3)17-9-6-14(2)10-16(17)11-18/h4-10H,11-12H2,1-3H3. The van der Waals surface area contributed by atoms with Gasteiger partial charge in [0.05, 0.1) is 0 Å². The molecule has 2 rings (SSSR count). The molecule has 2 heteroatoms. The lowest BCUT2D eigenvalue weighted by molar-refractivity contribution is 0.915. The third kappa shape index (κ3) is 3.60. The number of alkyl halides is 1. The molecule has 0 heterocycles. The van der Waals surface area contributed by atoms with E-state index in [0.29, 0.717) is 0 Å². The highest BCUT2D eigenvalue weighted by atomic mass is 79.9. The molecule has 2 aromatic rings. The van der Waals surface area contributed by atoms with Gasteiger partial charge in [0, 0.05) is 24.6 Å². The van der Waals surface area contributed by atoms with Crippen molar-refractivity contribution in [2.45, 2.75) is 25.7 Å². The zero-order valence-corrected chi connectivity index (χ0v) is 13.4. The molecule has 1 nitrogen and oxygen atoms in total.